The second-order valence-corrected chi connectivity index (χ2v) is 8.37. The minimum absolute atomic E-state index is 0.0202. The van der Waals surface area contributed by atoms with Crippen molar-refractivity contribution in [3.8, 4) is 11.4 Å². The standard InChI is InChI=1S/C28H21ClN4O/c1-20(34)21-11-10-12-22(19-21)27-30-32-33(31-27)28(23-13-4-2-5-14-23,24-15-6-3-7-16-24)25-17-8-9-18-26(25)29/h2-19H,1H3. The number of rotatable bonds is 6. The molecule has 34 heavy (non-hydrogen) atoms. The van der Waals surface area contributed by atoms with Crippen LogP contribution in [-0.2, 0) is 5.54 Å². The molecule has 0 amide bonds. The number of Topliss-reactive ketones (excluding diaryl/α,β-unsaturated/α-hetero) is 1. The summed E-state index contributed by atoms with van der Waals surface area (Å²) in [4.78, 5) is 13.5. The molecule has 4 aromatic carbocycles. The molecule has 0 N–H and O–H groups in total. The highest BCUT2D eigenvalue weighted by molar-refractivity contribution is 6.31. The van der Waals surface area contributed by atoms with E-state index < -0.39 is 5.54 Å². The number of aromatic nitrogens is 4. The summed E-state index contributed by atoms with van der Waals surface area (Å²) < 4.78 is 0. The van der Waals surface area contributed by atoms with Gasteiger partial charge in [0.25, 0.3) is 0 Å². The van der Waals surface area contributed by atoms with Gasteiger partial charge in [0, 0.05) is 21.7 Å². The highest BCUT2D eigenvalue weighted by Crippen LogP contribution is 2.42. The lowest BCUT2D eigenvalue weighted by Gasteiger charge is -2.34. The molecule has 5 rings (SSSR count). The van der Waals surface area contributed by atoms with Gasteiger partial charge in [-0.15, -0.1) is 15.0 Å². The highest BCUT2D eigenvalue weighted by atomic mass is 35.5. The Balaban J connectivity index is 1.81. The third kappa shape index (κ3) is 3.70. The van der Waals surface area contributed by atoms with E-state index in [1.54, 1.807) is 16.9 Å². The Morgan fingerprint density at radius 2 is 1.41 bits per heavy atom. The van der Waals surface area contributed by atoms with Gasteiger partial charge < -0.3 is 0 Å². The Kier molecular flexibility index (Phi) is 5.78. The lowest BCUT2D eigenvalue weighted by molar-refractivity contribution is 0.101. The van der Waals surface area contributed by atoms with Crippen molar-refractivity contribution in [2.24, 2.45) is 0 Å². The van der Waals surface area contributed by atoms with E-state index in [-0.39, 0.29) is 5.78 Å². The molecule has 0 bridgehead atoms. The maximum absolute atomic E-state index is 11.9. The first-order valence-corrected chi connectivity index (χ1v) is 11.3. The van der Waals surface area contributed by atoms with E-state index in [1.165, 1.54) is 6.92 Å². The van der Waals surface area contributed by atoms with Gasteiger partial charge in [0.05, 0.1) is 0 Å². The predicted octanol–water partition coefficient (Wildman–Crippen LogP) is 6.04. The summed E-state index contributed by atoms with van der Waals surface area (Å²) in [5, 5.41) is 14.4. The van der Waals surface area contributed by atoms with Crippen molar-refractivity contribution in [2.75, 3.05) is 0 Å². The van der Waals surface area contributed by atoms with E-state index >= 15 is 0 Å². The normalized spacial score (nSPS) is 11.4. The second kappa shape index (κ2) is 9.04. The molecule has 0 aliphatic carbocycles. The fraction of sp³-hybridized carbons (Fsp3) is 0.0714. The van der Waals surface area contributed by atoms with Crippen molar-refractivity contribution < 1.29 is 4.79 Å². The van der Waals surface area contributed by atoms with Gasteiger partial charge in [-0.25, -0.2) is 0 Å². The first-order valence-electron chi connectivity index (χ1n) is 10.9. The molecule has 0 radical (unpaired) electrons. The number of ketones is 1. The summed E-state index contributed by atoms with van der Waals surface area (Å²) in [5.41, 5.74) is 3.05. The van der Waals surface area contributed by atoms with Crippen LogP contribution in [0, 0.1) is 0 Å². The van der Waals surface area contributed by atoms with E-state index in [0.717, 1.165) is 16.7 Å². The topological polar surface area (TPSA) is 60.7 Å². The van der Waals surface area contributed by atoms with Crippen LogP contribution in [0.4, 0.5) is 0 Å². The van der Waals surface area contributed by atoms with Gasteiger partial charge >= 0.3 is 0 Å². The summed E-state index contributed by atoms with van der Waals surface area (Å²) >= 11 is 6.81. The van der Waals surface area contributed by atoms with E-state index in [0.29, 0.717) is 22.0 Å². The van der Waals surface area contributed by atoms with E-state index in [9.17, 15) is 4.79 Å². The fourth-order valence-electron chi connectivity index (χ4n) is 4.28. The maximum atomic E-state index is 11.9. The van der Waals surface area contributed by atoms with Crippen molar-refractivity contribution in [3.63, 3.8) is 0 Å². The van der Waals surface area contributed by atoms with Crippen LogP contribution < -0.4 is 0 Å². The minimum atomic E-state index is -0.968. The molecule has 6 heteroatoms. The molecule has 0 spiro atoms. The first-order chi connectivity index (χ1) is 16.6. The molecule has 5 aromatic rings. The van der Waals surface area contributed by atoms with Crippen molar-refractivity contribution in [1.82, 2.24) is 20.2 Å². The quantitative estimate of drug-likeness (QED) is 0.227. The van der Waals surface area contributed by atoms with E-state index in [4.69, 9.17) is 16.7 Å². The number of tetrazole rings is 1. The Bertz CT molecular complexity index is 1410. The number of benzene rings is 4. The number of hydrogen-bond donors (Lipinski definition) is 0. The molecular formula is C28H21ClN4O. The molecule has 166 valence electrons. The molecule has 5 nitrogen and oxygen atoms in total. The zero-order valence-electron chi connectivity index (χ0n) is 18.5. The molecule has 0 unspecified atom stereocenters. The minimum Gasteiger partial charge on any atom is -0.295 e. The Morgan fingerprint density at radius 3 is 2.03 bits per heavy atom. The number of nitrogens with zero attached hydrogens (tertiary/aromatic N) is 4. The fourth-order valence-corrected chi connectivity index (χ4v) is 4.55. The zero-order chi connectivity index (χ0) is 23.5. The van der Waals surface area contributed by atoms with Crippen LogP contribution in [0.3, 0.4) is 0 Å². The SMILES string of the molecule is CC(=O)c1cccc(-c2nnn(C(c3ccccc3)(c3ccccc3)c3ccccc3Cl)n2)c1. The van der Waals surface area contributed by atoms with Crippen molar-refractivity contribution in [1.29, 1.82) is 0 Å². The van der Waals surface area contributed by atoms with Gasteiger partial charge in [0.2, 0.25) is 5.82 Å². The van der Waals surface area contributed by atoms with Gasteiger partial charge in [0.15, 0.2) is 11.3 Å². The summed E-state index contributed by atoms with van der Waals surface area (Å²) in [6, 6.07) is 35.0. The summed E-state index contributed by atoms with van der Waals surface area (Å²) in [5.74, 6) is 0.402. The van der Waals surface area contributed by atoms with Gasteiger partial charge in [0.1, 0.15) is 0 Å². The Morgan fingerprint density at radius 1 is 0.794 bits per heavy atom. The second-order valence-electron chi connectivity index (χ2n) is 7.96. The molecule has 0 aliphatic rings. The molecule has 0 atom stereocenters. The zero-order valence-corrected chi connectivity index (χ0v) is 19.2. The third-order valence-electron chi connectivity index (χ3n) is 5.89. The Hall–Kier alpha value is -4.09. The maximum Gasteiger partial charge on any atom is 0.205 e. The molecule has 0 saturated heterocycles. The lowest BCUT2D eigenvalue weighted by Crippen LogP contribution is -2.40. The summed E-state index contributed by atoms with van der Waals surface area (Å²) in [6.07, 6.45) is 0. The molecule has 1 aromatic heterocycles. The smallest absolute Gasteiger partial charge is 0.205 e. The van der Waals surface area contributed by atoms with Gasteiger partial charge in [-0.2, -0.15) is 0 Å². The average Bonchev–Trinajstić information content (AvgIpc) is 3.38. The number of carbonyl (C=O) groups is 1. The van der Waals surface area contributed by atoms with E-state index in [1.807, 2.05) is 97.1 Å². The monoisotopic (exact) mass is 464 g/mol. The number of hydrogen-bond acceptors (Lipinski definition) is 4. The molecule has 0 fully saturated rings. The number of halogens is 1. The van der Waals surface area contributed by atoms with Gasteiger partial charge in [-0.3, -0.25) is 4.79 Å². The molecular weight excluding hydrogens is 444 g/mol. The van der Waals surface area contributed by atoms with Gasteiger partial charge in [-0.1, -0.05) is 109 Å². The Labute approximate surface area is 202 Å². The molecule has 0 aliphatic heterocycles. The summed E-state index contributed by atoms with van der Waals surface area (Å²) in [7, 11) is 0. The molecule has 1 heterocycles. The first kappa shape index (κ1) is 21.7. The third-order valence-corrected chi connectivity index (χ3v) is 6.22. The van der Waals surface area contributed by atoms with Crippen LogP contribution >= 0.6 is 11.6 Å². The van der Waals surface area contributed by atoms with Crippen LogP contribution in [0.5, 0.6) is 0 Å². The van der Waals surface area contributed by atoms with Crippen molar-refractivity contribution >= 4 is 17.4 Å². The predicted molar refractivity (Wildman–Crippen MR) is 133 cm³/mol. The highest BCUT2D eigenvalue weighted by Gasteiger charge is 2.42. The average molecular weight is 465 g/mol. The largest absolute Gasteiger partial charge is 0.295 e. The van der Waals surface area contributed by atoms with Crippen LogP contribution in [0.25, 0.3) is 11.4 Å². The van der Waals surface area contributed by atoms with Crippen molar-refractivity contribution in [2.45, 2.75) is 12.5 Å². The van der Waals surface area contributed by atoms with E-state index in [2.05, 4.69) is 10.3 Å². The van der Waals surface area contributed by atoms with Crippen molar-refractivity contribution in [3.05, 3.63) is 136 Å². The number of carbonyl (C=O) groups excluding carboxylic acids is 1. The lowest BCUT2D eigenvalue weighted by atomic mass is 9.77. The van der Waals surface area contributed by atoms with Gasteiger partial charge in [-0.05, 0) is 35.4 Å². The summed E-state index contributed by atoms with van der Waals surface area (Å²) in [6.45, 7) is 1.54. The van der Waals surface area contributed by atoms with Crippen LogP contribution in [0.1, 0.15) is 34.0 Å². The van der Waals surface area contributed by atoms with Crippen LogP contribution in [-0.4, -0.2) is 26.0 Å². The van der Waals surface area contributed by atoms with Crippen LogP contribution in [0.15, 0.2) is 109 Å². The molecule has 0 saturated carbocycles. The van der Waals surface area contributed by atoms with Crippen LogP contribution in [0.2, 0.25) is 5.02 Å².